The van der Waals surface area contributed by atoms with Crippen molar-refractivity contribution in [2.24, 2.45) is 5.92 Å². The van der Waals surface area contributed by atoms with Gasteiger partial charge < -0.3 is 9.73 Å². The Morgan fingerprint density at radius 1 is 1.33 bits per heavy atom. The van der Waals surface area contributed by atoms with E-state index in [9.17, 15) is 8.78 Å². The van der Waals surface area contributed by atoms with Crippen LogP contribution < -0.4 is 5.32 Å². The molecule has 0 bridgehead atoms. The molecule has 1 aliphatic rings. The molecule has 0 radical (unpaired) electrons. The van der Waals surface area contributed by atoms with Gasteiger partial charge in [-0.05, 0) is 31.5 Å². The third-order valence-corrected chi connectivity index (χ3v) is 3.58. The molecule has 4 heteroatoms. The van der Waals surface area contributed by atoms with Crippen LogP contribution in [0.3, 0.4) is 0 Å². The van der Waals surface area contributed by atoms with Crippen molar-refractivity contribution < 1.29 is 13.2 Å². The Bertz CT molecular complexity index is 543. The third-order valence-electron chi connectivity index (χ3n) is 3.58. The normalized spacial score (nSPS) is 20.7. The molecule has 1 atom stereocenters. The molecule has 18 heavy (non-hydrogen) atoms. The van der Waals surface area contributed by atoms with E-state index in [2.05, 4.69) is 5.32 Å². The van der Waals surface area contributed by atoms with Crippen LogP contribution in [0.2, 0.25) is 0 Å². The van der Waals surface area contributed by atoms with Gasteiger partial charge in [-0.15, -0.1) is 0 Å². The molecule has 0 spiro atoms. The summed E-state index contributed by atoms with van der Waals surface area (Å²) in [6, 6.07) is 6.95. The van der Waals surface area contributed by atoms with Crippen LogP contribution in [0.1, 0.15) is 18.4 Å². The van der Waals surface area contributed by atoms with E-state index in [1.54, 1.807) is 24.3 Å². The number of benzene rings is 1. The smallest absolute Gasteiger partial charge is 0.277 e. The summed E-state index contributed by atoms with van der Waals surface area (Å²) in [7, 11) is 0. The number of nitrogens with one attached hydrogen (secondary N) is 1. The number of alkyl halides is 2. The van der Waals surface area contributed by atoms with Crippen LogP contribution in [0.15, 0.2) is 34.9 Å². The molecule has 1 N–H and O–H groups in total. The van der Waals surface area contributed by atoms with Gasteiger partial charge in [0.05, 0.1) is 5.56 Å². The number of rotatable bonds is 3. The highest BCUT2D eigenvalue weighted by Crippen LogP contribution is 2.40. The van der Waals surface area contributed by atoms with E-state index in [-0.39, 0.29) is 17.9 Å². The van der Waals surface area contributed by atoms with E-state index < -0.39 is 5.92 Å². The van der Waals surface area contributed by atoms with Crippen molar-refractivity contribution in [2.75, 3.05) is 13.1 Å². The maximum atomic E-state index is 14.3. The SMILES string of the molecule is FC(F)(CC1CCNC1)c1coc2ccccc12. The van der Waals surface area contributed by atoms with Gasteiger partial charge in [0.15, 0.2) is 0 Å². The highest BCUT2D eigenvalue weighted by atomic mass is 19.3. The summed E-state index contributed by atoms with van der Waals surface area (Å²) in [4.78, 5) is 0. The highest BCUT2D eigenvalue weighted by Gasteiger charge is 2.38. The van der Waals surface area contributed by atoms with Crippen molar-refractivity contribution in [2.45, 2.75) is 18.8 Å². The average Bonchev–Trinajstić information content (AvgIpc) is 2.96. The monoisotopic (exact) mass is 251 g/mol. The van der Waals surface area contributed by atoms with Gasteiger partial charge in [-0.25, -0.2) is 8.78 Å². The van der Waals surface area contributed by atoms with E-state index in [0.29, 0.717) is 17.5 Å². The molecule has 0 amide bonds. The van der Waals surface area contributed by atoms with Gasteiger partial charge in [-0.2, -0.15) is 0 Å². The predicted molar refractivity (Wildman–Crippen MR) is 65.7 cm³/mol. The molecular formula is C14H15F2NO. The Morgan fingerprint density at radius 3 is 2.94 bits per heavy atom. The zero-order valence-corrected chi connectivity index (χ0v) is 9.96. The molecule has 0 aliphatic carbocycles. The van der Waals surface area contributed by atoms with Crippen molar-refractivity contribution >= 4 is 11.0 Å². The summed E-state index contributed by atoms with van der Waals surface area (Å²) in [6.45, 7) is 1.53. The van der Waals surface area contributed by atoms with Gasteiger partial charge in [0.2, 0.25) is 0 Å². The molecule has 1 unspecified atom stereocenters. The molecule has 2 nitrogen and oxygen atoms in total. The molecule has 1 saturated heterocycles. The van der Waals surface area contributed by atoms with Crippen LogP contribution in [0.5, 0.6) is 0 Å². The fraction of sp³-hybridized carbons (Fsp3) is 0.429. The van der Waals surface area contributed by atoms with E-state index in [1.165, 1.54) is 6.26 Å². The molecule has 2 heterocycles. The Balaban J connectivity index is 1.91. The number of hydrogen-bond donors (Lipinski definition) is 1. The summed E-state index contributed by atoms with van der Waals surface area (Å²) < 4.78 is 33.8. The lowest BCUT2D eigenvalue weighted by Gasteiger charge is -2.18. The molecule has 1 aliphatic heterocycles. The van der Waals surface area contributed by atoms with E-state index in [4.69, 9.17) is 4.42 Å². The lowest BCUT2D eigenvalue weighted by Crippen LogP contribution is -2.20. The van der Waals surface area contributed by atoms with E-state index in [0.717, 1.165) is 13.0 Å². The summed E-state index contributed by atoms with van der Waals surface area (Å²) in [5.74, 6) is -2.77. The summed E-state index contributed by atoms with van der Waals surface area (Å²) in [6.07, 6.45) is 1.92. The Morgan fingerprint density at radius 2 is 2.17 bits per heavy atom. The first-order valence-electron chi connectivity index (χ1n) is 6.22. The van der Waals surface area contributed by atoms with Gasteiger partial charge in [0, 0.05) is 11.8 Å². The van der Waals surface area contributed by atoms with Gasteiger partial charge in [0.1, 0.15) is 11.8 Å². The van der Waals surface area contributed by atoms with Crippen LogP contribution in [0, 0.1) is 5.92 Å². The largest absolute Gasteiger partial charge is 0.464 e. The quantitative estimate of drug-likeness (QED) is 0.902. The zero-order chi connectivity index (χ0) is 12.6. The minimum atomic E-state index is -2.82. The van der Waals surface area contributed by atoms with Crippen molar-refractivity contribution in [1.82, 2.24) is 5.32 Å². The Hall–Kier alpha value is -1.42. The van der Waals surface area contributed by atoms with Gasteiger partial charge >= 0.3 is 0 Å². The molecule has 1 aromatic heterocycles. The van der Waals surface area contributed by atoms with Gasteiger partial charge in [-0.1, -0.05) is 18.2 Å². The summed E-state index contributed by atoms with van der Waals surface area (Å²) in [5, 5.41) is 3.64. The summed E-state index contributed by atoms with van der Waals surface area (Å²) >= 11 is 0. The minimum Gasteiger partial charge on any atom is -0.464 e. The van der Waals surface area contributed by atoms with Crippen molar-refractivity contribution in [3.8, 4) is 0 Å². The van der Waals surface area contributed by atoms with E-state index >= 15 is 0 Å². The first-order chi connectivity index (χ1) is 8.67. The maximum absolute atomic E-state index is 14.3. The van der Waals surface area contributed by atoms with Crippen LogP contribution >= 0.6 is 0 Å². The Kier molecular flexibility index (Phi) is 2.82. The molecule has 1 aromatic carbocycles. The first-order valence-corrected chi connectivity index (χ1v) is 6.22. The fourth-order valence-electron chi connectivity index (χ4n) is 2.62. The van der Waals surface area contributed by atoms with Gasteiger partial charge in [-0.3, -0.25) is 0 Å². The third kappa shape index (κ3) is 2.01. The zero-order valence-electron chi connectivity index (χ0n) is 9.96. The number of hydrogen-bond acceptors (Lipinski definition) is 2. The standard InChI is InChI=1S/C14H15F2NO/c15-14(16,7-10-5-6-17-8-10)12-9-18-13-4-2-1-3-11(12)13/h1-4,9-10,17H,5-8H2. The second kappa shape index (κ2) is 4.35. The Labute approximate surface area is 104 Å². The van der Waals surface area contributed by atoms with Gasteiger partial charge in [0.25, 0.3) is 5.92 Å². The van der Waals surface area contributed by atoms with Crippen LogP contribution in [0.4, 0.5) is 8.78 Å². The molecular weight excluding hydrogens is 236 g/mol. The van der Waals surface area contributed by atoms with Crippen molar-refractivity contribution in [3.05, 3.63) is 36.1 Å². The molecule has 0 saturated carbocycles. The van der Waals surface area contributed by atoms with Crippen LogP contribution in [0.25, 0.3) is 11.0 Å². The minimum absolute atomic E-state index is 0.0185. The maximum Gasteiger partial charge on any atom is 0.277 e. The fourth-order valence-corrected chi connectivity index (χ4v) is 2.62. The second-order valence-corrected chi connectivity index (χ2v) is 4.91. The number of fused-ring (bicyclic) bond motifs is 1. The average molecular weight is 251 g/mol. The lowest BCUT2D eigenvalue weighted by atomic mass is 9.95. The van der Waals surface area contributed by atoms with Crippen molar-refractivity contribution in [1.29, 1.82) is 0 Å². The molecule has 1 fully saturated rings. The lowest BCUT2D eigenvalue weighted by molar-refractivity contribution is -0.0260. The number of furan rings is 1. The van der Waals surface area contributed by atoms with E-state index in [1.807, 2.05) is 0 Å². The molecule has 3 rings (SSSR count). The van der Waals surface area contributed by atoms with Crippen molar-refractivity contribution in [3.63, 3.8) is 0 Å². The number of para-hydroxylation sites is 1. The summed E-state index contributed by atoms with van der Waals surface area (Å²) in [5.41, 5.74) is 0.543. The van der Waals surface area contributed by atoms with Crippen LogP contribution in [-0.2, 0) is 5.92 Å². The predicted octanol–water partition coefficient (Wildman–Crippen LogP) is 3.52. The van der Waals surface area contributed by atoms with Crippen LogP contribution in [-0.4, -0.2) is 13.1 Å². The second-order valence-electron chi connectivity index (χ2n) is 4.91. The first kappa shape index (κ1) is 11.7. The molecule has 2 aromatic rings. The highest BCUT2D eigenvalue weighted by molar-refractivity contribution is 5.81. The number of halogens is 2. The topological polar surface area (TPSA) is 25.2 Å². The molecule has 96 valence electrons.